The van der Waals surface area contributed by atoms with E-state index in [-0.39, 0.29) is 33.1 Å². The first-order valence-corrected chi connectivity index (χ1v) is 12.7. The number of carbonyl (C=O) groups excluding carboxylic acids is 3. The molecule has 186 valence electrons. The average molecular weight is 548 g/mol. The Morgan fingerprint density at radius 3 is 2.92 bits per heavy atom. The lowest BCUT2D eigenvalue weighted by molar-refractivity contribution is -0.662. The van der Waals surface area contributed by atoms with Crippen LogP contribution in [0.3, 0.4) is 0 Å². The molecule has 1 saturated heterocycles. The molecule has 15 heteroatoms. The molecule has 5 rings (SSSR count). The number of anilines is 1. The quantitative estimate of drug-likeness (QED) is 0.171. The molecule has 0 radical (unpaired) electrons. The lowest BCUT2D eigenvalue weighted by Gasteiger charge is -2.50. The molecule has 3 aromatic heterocycles. The van der Waals surface area contributed by atoms with Crippen LogP contribution in [0.25, 0.3) is 5.65 Å². The normalized spacial score (nSPS) is 19.8. The Balaban J connectivity index is 1.38. The van der Waals surface area contributed by atoms with E-state index in [1.807, 2.05) is 45.8 Å². The van der Waals surface area contributed by atoms with Gasteiger partial charge in [0.05, 0.1) is 17.9 Å². The molecule has 5 heterocycles. The molecule has 2 aliphatic rings. The summed E-state index contributed by atoms with van der Waals surface area (Å²) >= 11 is 8.41. The van der Waals surface area contributed by atoms with Crippen molar-refractivity contribution in [3.63, 3.8) is 0 Å². The fraction of sp³-hybridized carbons (Fsp3) is 0.238. The monoisotopic (exact) mass is 547 g/mol. The molecule has 1 fully saturated rings. The van der Waals surface area contributed by atoms with E-state index in [9.17, 15) is 19.5 Å². The Kier molecular flexibility index (Phi) is 6.32. The number of hydrogen-bond acceptors (Lipinski definition) is 10. The van der Waals surface area contributed by atoms with Crippen molar-refractivity contribution in [1.82, 2.24) is 19.6 Å². The number of imidazole rings is 1. The van der Waals surface area contributed by atoms with Gasteiger partial charge >= 0.3 is 0 Å². The van der Waals surface area contributed by atoms with Gasteiger partial charge in [0, 0.05) is 17.4 Å². The molecular formula is C21H18ClN7O5S2. The van der Waals surface area contributed by atoms with Crippen LogP contribution in [-0.2, 0) is 25.8 Å². The first-order chi connectivity index (χ1) is 17.3. The number of halogens is 1. The zero-order valence-corrected chi connectivity index (χ0v) is 21.0. The number of amides is 2. The largest absolute Gasteiger partial charge is 0.543 e. The molecule has 0 saturated carbocycles. The molecule has 0 aliphatic carbocycles. The van der Waals surface area contributed by atoms with Gasteiger partial charge in [0.1, 0.15) is 47.5 Å². The number of fused-ring (bicyclic) bond motifs is 2. The summed E-state index contributed by atoms with van der Waals surface area (Å²) in [5, 5.41) is 17.9. The Hall–Kier alpha value is -3.62. The van der Waals surface area contributed by atoms with Crippen LogP contribution < -0.4 is 20.7 Å². The molecule has 3 N–H and O–H groups in total. The van der Waals surface area contributed by atoms with Crippen LogP contribution in [-0.4, -0.2) is 62.1 Å². The van der Waals surface area contributed by atoms with E-state index in [0.717, 1.165) is 21.9 Å². The second-order valence-corrected chi connectivity index (χ2v) is 10.5. The van der Waals surface area contributed by atoms with E-state index in [0.29, 0.717) is 11.3 Å². The van der Waals surface area contributed by atoms with Gasteiger partial charge in [-0.2, -0.15) is 0 Å². The van der Waals surface area contributed by atoms with Crippen LogP contribution in [0.15, 0.2) is 53.2 Å². The topological polar surface area (TPSA) is 158 Å². The highest BCUT2D eigenvalue weighted by Gasteiger charge is 2.53. The van der Waals surface area contributed by atoms with Gasteiger partial charge in [0.2, 0.25) is 0 Å². The van der Waals surface area contributed by atoms with E-state index in [2.05, 4.69) is 15.5 Å². The summed E-state index contributed by atoms with van der Waals surface area (Å²) in [6, 6.07) is 4.68. The van der Waals surface area contributed by atoms with Gasteiger partial charge in [-0.1, -0.05) is 34.2 Å². The van der Waals surface area contributed by atoms with E-state index >= 15 is 0 Å². The molecule has 0 aromatic carbocycles. The number of carboxylic acid groups (broad SMARTS) is 1. The molecule has 36 heavy (non-hydrogen) atoms. The Bertz CT molecular complexity index is 1470. The van der Waals surface area contributed by atoms with Crippen LogP contribution in [0.1, 0.15) is 5.69 Å². The van der Waals surface area contributed by atoms with Crippen LogP contribution in [0.5, 0.6) is 0 Å². The van der Waals surface area contributed by atoms with Gasteiger partial charge < -0.3 is 25.8 Å². The maximum absolute atomic E-state index is 13.0. The predicted octanol–water partition coefficient (Wildman–Crippen LogP) is -0.626. The highest BCUT2D eigenvalue weighted by molar-refractivity contribution is 8.00. The van der Waals surface area contributed by atoms with Gasteiger partial charge in [0.15, 0.2) is 10.8 Å². The number of carboxylic acids is 1. The van der Waals surface area contributed by atoms with Crippen molar-refractivity contribution < 1.29 is 28.9 Å². The third-order valence-electron chi connectivity index (χ3n) is 5.68. The van der Waals surface area contributed by atoms with E-state index < -0.39 is 29.2 Å². The maximum Gasteiger partial charge on any atom is 0.286 e. The summed E-state index contributed by atoms with van der Waals surface area (Å²) < 4.78 is 3.92. The lowest BCUT2D eigenvalue weighted by Crippen LogP contribution is -2.71. The zero-order chi connectivity index (χ0) is 25.6. The fourth-order valence-electron chi connectivity index (χ4n) is 4.13. The number of thioether (sulfide) groups is 1. The van der Waals surface area contributed by atoms with Crippen molar-refractivity contribution >= 4 is 69.0 Å². The highest BCUT2D eigenvalue weighted by atomic mass is 35.5. The molecular weight excluding hydrogens is 530 g/mol. The smallest absolute Gasteiger partial charge is 0.286 e. The van der Waals surface area contributed by atoms with Crippen molar-refractivity contribution in [2.24, 2.45) is 5.16 Å². The third kappa shape index (κ3) is 4.06. The molecule has 2 amide bonds. The summed E-state index contributed by atoms with van der Waals surface area (Å²) in [5.41, 5.74) is 6.64. The number of nitrogens with two attached hydrogens (primary N) is 1. The van der Waals surface area contributed by atoms with Crippen molar-refractivity contribution in [3.05, 3.63) is 58.1 Å². The number of oxime groups is 1. The molecule has 0 spiro atoms. The van der Waals surface area contributed by atoms with Crippen LogP contribution in [0.4, 0.5) is 5.13 Å². The molecule has 12 nitrogen and oxygen atoms in total. The van der Waals surface area contributed by atoms with E-state index in [4.69, 9.17) is 22.2 Å². The number of hydrogen-bond donors (Lipinski definition) is 2. The Morgan fingerprint density at radius 2 is 2.22 bits per heavy atom. The number of nitrogens with zero attached hydrogens (tertiary/aromatic N) is 5. The summed E-state index contributed by atoms with van der Waals surface area (Å²) in [7, 11) is 1.25. The van der Waals surface area contributed by atoms with Crippen molar-refractivity contribution in [3.8, 4) is 0 Å². The van der Waals surface area contributed by atoms with Crippen LogP contribution >= 0.6 is 34.7 Å². The minimum absolute atomic E-state index is 0.0212. The average Bonchev–Trinajstić information content (AvgIpc) is 3.42. The van der Waals surface area contributed by atoms with Gasteiger partial charge in [0.25, 0.3) is 17.5 Å². The first-order valence-electron chi connectivity index (χ1n) is 10.5. The second kappa shape index (κ2) is 9.44. The van der Waals surface area contributed by atoms with Crippen LogP contribution in [0, 0.1) is 0 Å². The second-order valence-electron chi connectivity index (χ2n) is 7.79. The zero-order valence-electron chi connectivity index (χ0n) is 18.6. The number of β-lactam (4-membered cyclic amide) rings is 1. The van der Waals surface area contributed by atoms with Crippen molar-refractivity contribution in [2.45, 2.75) is 18.0 Å². The van der Waals surface area contributed by atoms with Gasteiger partial charge in [-0.15, -0.1) is 11.8 Å². The molecule has 0 bridgehead atoms. The highest BCUT2D eigenvalue weighted by Crippen LogP contribution is 2.40. The van der Waals surface area contributed by atoms with Gasteiger partial charge in [-0.3, -0.25) is 14.5 Å². The number of nitrogens with one attached hydrogen (secondary N) is 1. The first kappa shape index (κ1) is 24.1. The minimum atomic E-state index is -1.45. The number of nitrogen functional groups attached to an aromatic ring is 1. The van der Waals surface area contributed by atoms with Gasteiger partial charge in [-0.05, 0) is 6.07 Å². The summed E-state index contributed by atoms with van der Waals surface area (Å²) in [6.07, 6.45) is 5.57. The summed E-state index contributed by atoms with van der Waals surface area (Å²) in [6.45, 7) is 0.263. The standard InChI is InChI=1S/C21H18ClN7O5S2/c1-34-26-13(12-16(22)36-21(23)25-12)17(30)24-14-18(31)29-15(20(32)33)10(9-35-19(14)29)8-28-7-6-27-5-3-2-4-11(27)28/h2-7,14,19H,8-9H2,1H3,(H3-,23,24,25,30,32,33)/b26-13-/t14-,19-/m1/s1. The number of carbonyl (C=O) groups is 3. The van der Waals surface area contributed by atoms with Crippen molar-refractivity contribution in [2.75, 3.05) is 18.6 Å². The maximum atomic E-state index is 13.0. The fourth-order valence-corrected chi connectivity index (χ4v) is 6.40. The van der Waals surface area contributed by atoms with Crippen LogP contribution in [0.2, 0.25) is 4.34 Å². The molecule has 2 atom stereocenters. The number of aliphatic carboxylic acids is 1. The number of rotatable bonds is 7. The molecule has 2 aliphatic heterocycles. The van der Waals surface area contributed by atoms with E-state index in [1.54, 1.807) is 0 Å². The predicted molar refractivity (Wildman–Crippen MR) is 130 cm³/mol. The SMILES string of the molecule is CO/N=C(\C(=O)N[C@@H]1C(=O)N2C(C(=O)[O-])=C(C[n+]3ccn4ccccc43)CS[C@H]12)c1nc(N)sc1Cl. The molecule has 3 aromatic rings. The van der Waals surface area contributed by atoms with E-state index in [1.165, 1.54) is 18.9 Å². The number of pyridine rings is 1. The Morgan fingerprint density at radius 1 is 1.42 bits per heavy atom. The summed E-state index contributed by atoms with van der Waals surface area (Å²) in [5.74, 6) is -2.47. The lowest BCUT2D eigenvalue weighted by atomic mass is 10.0. The van der Waals surface area contributed by atoms with Crippen molar-refractivity contribution in [1.29, 1.82) is 0 Å². The minimum Gasteiger partial charge on any atom is -0.543 e. The number of aromatic nitrogens is 3. The molecule has 0 unspecified atom stereocenters. The summed E-state index contributed by atoms with van der Waals surface area (Å²) in [4.78, 5) is 48.0. The van der Waals surface area contributed by atoms with Gasteiger partial charge in [-0.25, -0.2) is 14.0 Å². The Labute approximate surface area is 217 Å². The third-order valence-corrected chi connectivity index (χ3v) is 8.10. The number of thiazole rings is 1.